The van der Waals surface area contributed by atoms with Gasteiger partial charge in [0.15, 0.2) is 0 Å². The molecule has 3 heterocycles. The number of aryl methyl sites for hydroxylation is 1. The minimum absolute atomic E-state index is 0.114. The number of likely N-dealkylation sites (tertiary alicyclic amines) is 2. The van der Waals surface area contributed by atoms with Gasteiger partial charge in [0.2, 0.25) is 0 Å². The predicted octanol–water partition coefficient (Wildman–Crippen LogP) is 4.22. The van der Waals surface area contributed by atoms with Gasteiger partial charge in [-0.15, -0.1) is 0 Å². The van der Waals surface area contributed by atoms with Crippen LogP contribution in [-0.2, 0) is 6.18 Å². The van der Waals surface area contributed by atoms with Crippen molar-refractivity contribution in [2.45, 2.75) is 51.7 Å². The maximum atomic E-state index is 13.3. The topological polar surface area (TPSA) is 50.6 Å². The first kappa shape index (κ1) is 22.6. The molecule has 0 spiro atoms. The molecule has 0 unspecified atom stereocenters. The summed E-state index contributed by atoms with van der Waals surface area (Å²) in [5.74, 6) is 0.145. The van der Waals surface area contributed by atoms with E-state index in [9.17, 15) is 18.0 Å². The predicted molar refractivity (Wildman–Crippen MR) is 114 cm³/mol. The Balaban J connectivity index is 1.59. The van der Waals surface area contributed by atoms with Crippen LogP contribution in [0.4, 0.5) is 13.2 Å². The van der Waals surface area contributed by atoms with Crippen molar-refractivity contribution in [2.75, 3.05) is 33.3 Å². The molecular formula is C23H29F3N4O2. The van der Waals surface area contributed by atoms with Crippen LogP contribution in [0.15, 0.2) is 18.2 Å². The number of rotatable bonds is 4. The molecule has 32 heavy (non-hydrogen) atoms. The molecule has 6 nitrogen and oxygen atoms in total. The summed E-state index contributed by atoms with van der Waals surface area (Å²) >= 11 is 0. The van der Waals surface area contributed by atoms with Crippen molar-refractivity contribution >= 4 is 5.91 Å². The number of ether oxygens (including phenoxy) is 1. The second kappa shape index (κ2) is 8.77. The highest BCUT2D eigenvalue weighted by Gasteiger charge is 2.33. The number of carbonyl (C=O) groups excluding carboxylic acids is 1. The second-order valence-corrected chi connectivity index (χ2v) is 8.61. The Morgan fingerprint density at radius 1 is 1.09 bits per heavy atom. The molecule has 2 aliphatic heterocycles. The molecule has 2 saturated heterocycles. The van der Waals surface area contributed by atoms with E-state index < -0.39 is 11.7 Å². The van der Waals surface area contributed by atoms with Crippen LogP contribution in [0.25, 0.3) is 5.69 Å². The lowest BCUT2D eigenvalue weighted by molar-refractivity contribution is -0.137. The number of aromatic nitrogens is 2. The molecule has 1 aromatic heterocycles. The van der Waals surface area contributed by atoms with Crippen molar-refractivity contribution in [2.24, 2.45) is 0 Å². The highest BCUT2D eigenvalue weighted by atomic mass is 19.4. The van der Waals surface area contributed by atoms with Gasteiger partial charge < -0.3 is 14.5 Å². The van der Waals surface area contributed by atoms with Crippen molar-refractivity contribution in [1.29, 1.82) is 0 Å². The Kier molecular flexibility index (Phi) is 6.20. The highest BCUT2D eigenvalue weighted by molar-refractivity contribution is 5.96. The number of hydrogen-bond donors (Lipinski definition) is 0. The Hall–Kier alpha value is -2.55. The SMILES string of the molecule is COc1ccc(C(F)(F)F)cc1-n1nc(C)c(C(=O)N2CCC(N3CCCC3)CC2)c1C. The van der Waals surface area contributed by atoms with Crippen LogP contribution in [0.3, 0.4) is 0 Å². The molecule has 0 bridgehead atoms. The van der Waals surface area contributed by atoms with Crippen molar-refractivity contribution < 1.29 is 22.7 Å². The standard InChI is InChI=1S/C23H29F3N4O2/c1-15-21(22(31)29-12-8-18(9-13-29)28-10-4-5-11-28)16(2)30(27-15)19-14-17(23(24,25)26)6-7-20(19)32-3/h6-7,14,18H,4-5,8-13H2,1-3H3. The molecule has 1 aromatic carbocycles. The zero-order valence-electron chi connectivity index (χ0n) is 18.7. The van der Waals surface area contributed by atoms with Gasteiger partial charge in [0.05, 0.1) is 29.6 Å². The molecule has 1 amide bonds. The average Bonchev–Trinajstić information content (AvgIpc) is 3.40. The van der Waals surface area contributed by atoms with Gasteiger partial charge in [-0.3, -0.25) is 4.79 Å². The third kappa shape index (κ3) is 4.22. The first-order chi connectivity index (χ1) is 15.2. The van der Waals surface area contributed by atoms with Crippen molar-refractivity contribution in [3.8, 4) is 11.4 Å². The van der Waals surface area contributed by atoms with Crippen molar-refractivity contribution in [3.63, 3.8) is 0 Å². The van der Waals surface area contributed by atoms with Gasteiger partial charge in [0, 0.05) is 19.1 Å². The number of amides is 1. The lowest BCUT2D eigenvalue weighted by Crippen LogP contribution is -2.46. The van der Waals surface area contributed by atoms with Crippen molar-refractivity contribution in [1.82, 2.24) is 19.6 Å². The molecule has 2 fully saturated rings. The lowest BCUT2D eigenvalue weighted by atomic mass is 10.0. The monoisotopic (exact) mass is 450 g/mol. The van der Waals surface area contributed by atoms with Crippen LogP contribution in [0.5, 0.6) is 5.75 Å². The fourth-order valence-electron chi connectivity index (χ4n) is 4.92. The van der Waals surface area contributed by atoms with Crippen LogP contribution in [0.2, 0.25) is 0 Å². The molecule has 2 aromatic rings. The Morgan fingerprint density at radius 3 is 2.34 bits per heavy atom. The number of halogens is 3. The Morgan fingerprint density at radius 2 is 1.75 bits per heavy atom. The smallest absolute Gasteiger partial charge is 0.416 e. The summed E-state index contributed by atoms with van der Waals surface area (Å²) in [7, 11) is 1.40. The summed E-state index contributed by atoms with van der Waals surface area (Å²) in [5.41, 5.74) is 0.817. The molecule has 9 heteroatoms. The van der Waals surface area contributed by atoms with E-state index in [1.807, 2.05) is 4.90 Å². The van der Waals surface area contributed by atoms with E-state index in [4.69, 9.17) is 4.74 Å². The summed E-state index contributed by atoms with van der Waals surface area (Å²) in [4.78, 5) is 17.7. The van der Waals surface area contributed by atoms with E-state index in [-0.39, 0.29) is 17.3 Å². The van der Waals surface area contributed by atoms with Crippen LogP contribution in [-0.4, -0.2) is 64.8 Å². The molecule has 0 aliphatic carbocycles. The van der Waals surface area contributed by atoms with Crippen LogP contribution in [0.1, 0.15) is 53.0 Å². The third-order valence-electron chi connectivity index (χ3n) is 6.65. The number of hydrogen-bond acceptors (Lipinski definition) is 4. The summed E-state index contributed by atoms with van der Waals surface area (Å²) in [5, 5.41) is 4.42. The van der Waals surface area contributed by atoms with Gasteiger partial charge >= 0.3 is 6.18 Å². The molecule has 0 N–H and O–H groups in total. The van der Waals surface area contributed by atoms with E-state index in [1.54, 1.807) is 13.8 Å². The number of carbonyl (C=O) groups is 1. The average molecular weight is 451 g/mol. The zero-order valence-corrected chi connectivity index (χ0v) is 18.7. The first-order valence-electron chi connectivity index (χ1n) is 11.1. The second-order valence-electron chi connectivity index (χ2n) is 8.61. The number of nitrogens with zero attached hydrogens (tertiary/aromatic N) is 4. The molecule has 4 rings (SSSR count). The van der Waals surface area contributed by atoms with Crippen LogP contribution >= 0.6 is 0 Å². The quantitative estimate of drug-likeness (QED) is 0.700. The summed E-state index contributed by atoms with van der Waals surface area (Å²) in [6.45, 7) is 7.07. The van der Waals surface area contributed by atoms with Crippen LogP contribution < -0.4 is 4.74 Å². The number of methoxy groups -OCH3 is 1. The third-order valence-corrected chi connectivity index (χ3v) is 6.65. The lowest BCUT2D eigenvalue weighted by Gasteiger charge is -2.36. The van der Waals surface area contributed by atoms with Gasteiger partial charge in [0.1, 0.15) is 11.4 Å². The molecule has 174 valence electrons. The van der Waals surface area contributed by atoms with E-state index in [2.05, 4.69) is 10.00 Å². The van der Waals surface area contributed by atoms with Gasteiger partial charge in [-0.2, -0.15) is 18.3 Å². The fourth-order valence-corrected chi connectivity index (χ4v) is 4.92. The zero-order chi connectivity index (χ0) is 23.0. The molecular weight excluding hydrogens is 421 g/mol. The Bertz CT molecular complexity index is 988. The summed E-state index contributed by atoms with van der Waals surface area (Å²) in [6.07, 6.45) is -0.111. The summed E-state index contributed by atoms with van der Waals surface area (Å²) in [6, 6.07) is 3.79. The largest absolute Gasteiger partial charge is 0.494 e. The molecule has 0 radical (unpaired) electrons. The fraction of sp³-hybridized carbons (Fsp3) is 0.565. The van der Waals surface area contributed by atoms with Gasteiger partial charge in [-0.05, 0) is 70.8 Å². The maximum absolute atomic E-state index is 13.3. The Labute approximate surface area is 185 Å². The van der Waals surface area contributed by atoms with E-state index in [0.29, 0.717) is 36.1 Å². The van der Waals surface area contributed by atoms with Crippen LogP contribution in [0, 0.1) is 13.8 Å². The minimum atomic E-state index is -4.49. The minimum Gasteiger partial charge on any atom is -0.494 e. The summed E-state index contributed by atoms with van der Waals surface area (Å²) < 4.78 is 46.5. The van der Waals surface area contributed by atoms with E-state index >= 15 is 0 Å². The number of benzene rings is 1. The highest BCUT2D eigenvalue weighted by Crippen LogP contribution is 2.35. The van der Waals surface area contributed by atoms with E-state index in [0.717, 1.165) is 38.1 Å². The first-order valence-corrected chi connectivity index (χ1v) is 11.1. The normalized spacial score (nSPS) is 18.4. The maximum Gasteiger partial charge on any atom is 0.416 e. The molecule has 0 atom stereocenters. The van der Waals surface area contributed by atoms with Gasteiger partial charge in [0.25, 0.3) is 5.91 Å². The van der Waals surface area contributed by atoms with E-state index in [1.165, 1.54) is 30.7 Å². The van der Waals surface area contributed by atoms with Gasteiger partial charge in [-0.1, -0.05) is 0 Å². The molecule has 2 aliphatic rings. The number of alkyl halides is 3. The molecule has 0 saturated carbocycles. The number of piperidine rings is 1. The van der Waals surface area contributed by atoms with Gasteiger partial charge in [-0.25, -0.2) is 4.68 Å². The van der Waals surface area contributed by atoms with Crippen molar-refractivity contribution in [3.05, 3.63) is 40.7 Å².